The molecule has 2 rings (SSSR count). The van der Waals surface area contributed by atoms with Crippen LogP contribution in [-0.2, 0) is 6.54 Å². The van der Waals surface area contributed by atoms with E-state index in [1.807, 2.05) is 17.5 Å². The van der Waals surface area contributed by atoms with Crippen LogP contribution in [0.1, 0.15) is 4.88 Å². The zero-order chi connectivity index (χ0) is 15.1. The number of hydrogen-bond donors (Lipinski definition) is 1. The second kappa shape index (κ2) is 7.33. The Labute approximate surface area is 124 Å². The average molecular weight is 317 g/mol. The van der Waals surface area contributed by atoms with Crippen LogP contribution in [0.2, 0.25) is 0 Å². The van der Waals surface area contributed by atoms with E-state index in [0.717, 1.165) is 6.54 Å². The number of thiophene rings is 1. The molecule has 1 N–H and O–H groups in total. The number of nitrogens with one attached hydrogen (secondary N) is 1. The predicted octanol–water partition coefficient (Wildman–Crippen LogP) is 3.82. The maximum Gasteiger partial charge on any atom is 0.573 e. The fourth-order valence-corrected chi connectivity index (χ4v) is 2.28. The highest BCUT2D eigenvalue weighted by Crippen LogP contribution is 2.24. The standard InChI is InChI=1S/C14H14F3NO2S/c15-14(16,17)20-12-5-3-11(4-6-12)19-8-7-18-10-13-2-1-9-21-13/h1-6,9,18H,7-8,10H2. The van der Waals surface area contributed by atoms with Crippen molar-refractivity contribution in [3.05, 3.63) is 46.7 Å². The van der Waals surface area contributed by atoms with Gasteiger partial charge >= 0.3 is 6.36 Å². The molecule has 0 bridgehead atoms. The smallest absolute Gasteiger partial charge is 0.492 e. The van der Waals surface area contributed by atoms with Crippen LogP contribution in [0, 0.1) is 0 Å². The number of benzene rings is 1. The van der Waals surface area contributed by atoms with Crippen molar-refractivity contribution in [2.45, 2.75) is 12.9 Å². The SMILES string of the molecule is FC(F)(F)Oc1ccc(OCCNCc2cccs2)cc1. The van der Waals surface area contributed by atoms with Gasteiger partial charge in [0, 0.05) is 18.0 Å². The van der Waals surface area contributed by atoms with Crippen molar-refractivity contribution in [2.24, 2.45) is 0 Å². The minimum atomic E-state index is -4.67. The second-order valence-electron chi connectivity index (χ2n) is 4.12. The molecule has 3 nitrogen and oxygen atoms in total. The topological polar surface area (TPSA) is 30.5 Å². The molecule has 1 aromatic heterocycles. The summed E-state index contributed by atoms with van der Waals surface area (Å²) in [5.41, 5.74) is 0. The first kappa shape index (κ1) is 15.7. The first-order chi connectivity index (χ1) is 10.0. The average Bonchev–Trinajstić information content (AvgIpc) is 2.92. The Morgan fingerprint density at radius 3 is 2.38 bits per heavy atom. The highest BCUT2D eigenvalue weighted by atomic mass is 32.1. The molecular weight excluding hydrogens is 303 g/mol. The van der Waals surface area contributed by atoms with Gasteiger partial charge in [0.1, 0.15) is 18.1 Å². The fourth-order valence-electron chi connectivity index (χ4n) is 1.60. The Kier molecular flexibility index (Phi) is 5.46. The van der Waals surface area contributed by atoms with Gasteiger partial charge in [-0.2, -0.15) is 0 Å². The van der Waals surface area contributed by atoms with E-state index in [9.17, 15) is 13.2 Å². The van der Waals surface area contributed by atoms with Gasteiger partial charge in [0.2, 0.25) is 0 Å². The van der Waals surface area contributed by atoms with E-state index in [-0.39, 0.29) is 5.75 Å². The Morgan fingerprint density at radius 2 is 1.76 bits per heavy atom. The summed E-state index contributed by atoms with van der Waals surface area (Å²) in [5.74, 6) is 0.244. The van der Waals surface area contributed by atoms with Crippen LogP contribution >= 0.6 is 11.3 Å². The van der Waals surface area contributed by atoms with Crippen molar-refractivity contribution in [3.8, 4) is 11.5 Å². The molecular formula is C14H14F3NO2S. The highest BCUT2D eigenvalue weighted by molar-refractivity contribution is 7.09. The molecule has 0 atom stereocenters. The van der Waals surface area contributed by atoms with Crippen LogP contribution in [-0.4, -0.2) is 19.5 Å². The van der Waals surface area contributed by atoms with Crippen molar-refractivity contribution < 1.29 is 22.6 Å². The second-order valence-corrected chi connectivity index (χ2v) is 5.16. The summed E-state index contributed by atoms with van der Waals surface area (Å²) in [4.78, 5) is 1.24. The van der Waals surface area contributed by atoms with Gasteiger partial charge in [-0.25, -0.2) is 0 Å². The first-order valence-electron chi connectivity index (χ1n) is 6.25. The Morgan fingerprint density at radius 1 is 1.05 bits per heavy atom. The highest BCUT2D eigenvalue weighted by Gasteiger charge is 2.30. The maximum absolute atomic E-state index is 12.0. The zero-order valence-corrected chi connectivity index (χ0v) is 11.8. The normalized spacial score (nSPS) is 11.4. The summed E-state index contributed by atoms with van der Waals surface area (Å²) in [5, 5.41) is 5.22. The van der Waals surface area contributed by atoms with E-state index in [0.29, 0.717) is 18.9 Å². The molecule has 0 fully saturated rings. The van der Waals surface area contributed by atoms with Gasteiger partial charge < -0.3 is 14.8 Å². The number of ether oxygens (including phenoxy) is 2. The van der Waals surface area contributed by atoms with Gasteiger partial charge in [-0.3, -0.25) is 0 Å². The molecule has 0 unspecified atom stereocenters. The summed E-state index contributed by atoms with van der Waals surface area (Å²) in [7, 11) is 0. The molecule has 1 aromatic carbocycles. The number of hydrogen-bond acceptors (Lipinski definition) is 4. The lowest BCUT2D eigenvalue weighted by Crippen LogP contribution is -2.20. The molecule has 1 heterocycles. The van der Waals surface area contributed by atoms with Gasteiger partial charge in [0.05, 0.1) is 0 Å². The van der Waals surface area contributed by atoms with E-state index in [1.54, 1.807) is 11.3 Å². The van der Waals surface area contributed by atoms with E-state index in [2.05, 4.69) is 10.1 Å². The molecule has 114 valence electrons. The van der Waals surface area contributed by atoms with Crippen LogP contribution in [0.4, 0.5) is 13.2 Å². The maximum atomic E-state index is 12.0. The Balaban J connectivity index is 1.66. The lowest BCUT2D eigenvalue weighted by molar-refractivity contribution is -0.274. The van der Waals surface area contributed by atoms with E-state index >= 15 is 0 Å². The van der Waals surface area contributed by atoms with Gasteiger partial charge in [-0.15, -0.1) is 24.5 Å². The van der Waals surface area contributed by atoms with Crippen molar-refractivity contribution in [1.29, 1.82) is 0 Å². The summed E-state index contributed by atoms with van der Waals surface area (Å²) >= 11 is 1.67. The van der Waals surface area contributed by atoms with Crippen LogP contribution < -0.4 is 14.8 Å². The lowest BCUT2D eigenvalue weighted by atomic mass is 10.3. The molecule has 0 radical (unpaired) electrons. The van der Waals surface area contributed by atoms with Gasteiger partial charge in [-0.1, -0.05) is 6.07 Å². The first-order valence-corrected chi connectivity index (χ1v) is 7.12. The summed E-state index contributed by atoms with van der Waals surface area (Å²) < 4.78 is 45.1. The van der Waals surface area contributed by atoms with Crippen molar-refractivity contribution >= 4 is 11.3 Å². The van der Waals surface area contributed by atoms with Crippen molar-refractivity contribution in [2.75, 3.05) is 13.2 Å². The largest absolute Gasteiger partial charge is 0.573 e. The molecule has 0 aliphatic rings. The molecule has 2 aromatic rings. The Hall–Kier alpha value is -1.73. The molecule has 0 amide bonds. The molecule has 21 heavy (non-hydrogen) atoms. The monoisotopic (exact) mass is 317 g/mol. The van der Waals surface area contributed by atoms with Crippen LogP contribution in [0.5, 0.6) is 11.5 Å². The summed E-state index contributed by atoms with van der Waals surface area (Å²) in [6.07, 6.45) is -4.67. The predicted molar refractivity (Wildman–Crippen MR) is 74.6 cm³/mol. The quantitative estimate of drug-likeness (QED) is 0.788. The minimum absolute atomic E-state index is 0.259. The van der Waals surface area contributed by atoms with E-state index < -0.39 is 6.36 Å². The lowest BCUT2D eigenvalue weighted by Gasteiger charge is -2.10. The number of halogens is 3. The van der Waals surface area contributed by atoms with Crippen molar-refractivity contribution in [1.82, 2.24) is 5.32 Å². The third-order valence-electron chi connectivity index (χ3n) is 2.48. The van der Waals surface area contributed by atoms with Gasteiger partial charge in [0.25, 0.3) is 0 Å². The van der Waals surface area contributed by atoms with Crippen molar-refractivity contribution in [3.63, 3.8) is 0 Å². The van der Waals surface area contributed by atoms with Crippen LogP contribution in [0.15, 0.2) is 41.8 Å². The minimum Gasteiger partial charge on any atom is -0.492 e. The molecule has 0 saturated carbocycles. The summed E-state index contributed by atoms with van der Waals surface area (Å²) in [6, 6.07) is 9.37. The van der Waals surface area contributed by atoms with E-state index in [4.69, 9.17) is 4.74 Å². The van der Waals surface area contributed by atoms with Gasteiger partial charge in [-0.05, 0) is 35.7 Å². The fraction of sp³-hybridized carbons (Fsp3) is 0.286. The molecule has 7 heteroatoms. The molecule has 0 aliphatic heterocycles. The molecule has 0 aliphatic carbocycles. The number of alkyl halides is 3. The summed E-state index contributed by atoms with van der Waals surface area (Å²) in [6.45, 7) is 1.86. The Bertz CT molecular complexity index is 526. The van der Waals surface area contributed by atoms with E-state index in [1.165, 1.54) is 29.1 Å². The third-order valence-corrected chi connectivity index (χ3v) is 3.36. The number of rotatable bonds is 7. The molecule has 0 saturated heterocycles. The van der Waals surface area contributed by atoms with Crippen LogP contribution in [0.25, 0.3) is 0 Å². The zero-order valence-electron chi connectivity index (χ0n) is 11.0. The third kappa shape index (κ3) is 6.05. The van der Waals surface area contributed by atoms with Gasteiger partial charge in [0.15, 0.2) is 0 Å². The van der Waals surface area contributed by atoms with Crippen LogP contribution in [0.3, 0.4) is 0 Å². The molecule has 0 spiro atoms.